The van der Waals surface area contributed by atoms with E-state index < -0.39 is 0 Å². The number of aliphatic hydroxyl groups is 1. The van der Waals surface area contributed by atoms with Crippen LogP contribution >= 0.6 is 0 Å². The third-order valence-corrected chi connectivity index (χ3v) is 1.05. The van der Waals surface area contributed by atoms with Gasteiger partial charge in [-0.3, -0.25) is 0 Å². The molecule has 1 atom stereocenters. The van der Waals surface area contributed by atoms with Gasteiger partial charge < -0.3 is 5.11 Å². The van der Waals surface area contributed by atoms with E-state index in [0.717, 1.165) is 6.42 Å². The zero-order valence-electron chi connectivity index (χ0n) is 5.88. The lowest BCUT2D eigenvalue weighted by molar-refractivity contribution is 0.227. The molecule has 52 valence electrons. The Kier molecular flexibility index (Phi) is 5.23. The summed E-state index contributed by atoms with van der Waals surface area (Å²) in [5.74, 6) is 0. The van der Waals surface area contributed by atoms with Gasteiger partial charge >= 0.3 is 0 Å². The van der Waals surface area contributed by atoms with Gasteiger partial charge in [-0.25, -0.2) is 0 Å². The second-order valence-corrected chi connectivity index (χ2v) is 1.92. The molecule has 0 rings (SSSR count). The molecule has 0 aliphatic carbocycles. The maximum atomic E-state index is 8.92. The summed E-state index contributed by atoms with van der Waals surface area (Å²) in [4.78, 5) is 0. The van der Waals surface area contributed by atoms with Crippen LogP contribution in [0.1, 0.15) is 19.8 Å². The van der Waals surface area contributed by atoms with Gasteiger partial charge in [0.2, 0.25) is 0 Å². The lowest BCUT2D eigenvalue weighted by Crippen LogP contribution is -1.97. The molecule has 1 nitrogen and oxygen atoms in total. The highest BCUT2D eigenvalue weighted by atomic mass is 16.3. The topological polar surface area (TPSA) is 20.2 Å². The molecule has 0 aromatic heterocycles. The molecule has 0 aliphatic heterocycles. The van der Waals surface area contributed by atoms with Crippen molar-refractivity contribution in [2.45, 2.75) is 25.9 Å². The smallest absolute Gasteiger partial charge is 0.0752 e. The fraction of sp³-hybridized carbons (Fsp3) is 0.500. The first-order valence-corrected chi connectivity index (χ1v) is 3.26. The van der Waals surface area contributed by atoms with Crippen LogP contribution in [-0.4, -0.2) is 11.2 Å². The Morgan fingerprint density at radius 3 is 2.67 bits per heavy atom. The average Bonchev–Trinajstić information content (AvgIpc) is 1.89. The van der Waals surface area contributed by atoms with E-state index >= 15 is 0 Å². The van der Waals surface area contributed by atoms with Crippen LogP contribution in [0.15, 0.2) is 24.8 Å². The quantitative estimate of drug-likeness (QED) is 0.570. The number of rotatable bonds is 4. The van der Waals surface area contributed by atoms with Crippen molar-refractivity contribution in [1.29, 1.82) is 0 Å². The van der Waals surface area contributed by atoms with E-state index in [0.29, 0.717) is 6.42 Å². The molecular formula is C8H14O. The van der Waals surface area contributed by atoms with Gasteiger partial charge in [0.05, 0.1) is 6.10 Å². The average molecular weight is 126 g/mol. The highest BCUT2D eigenvalue weighted by molar-refractivity contribution is 4.89. The second kappa shape index (κ2) is 5.57. The van der Waals surface area contributed by atoms with Crippen LogP contribution in [0.25, 0.3) is 0 Å². The molecule has 0 heterocycles. The van der Waals surface area contributed by atoms with Gasteiger partial charge in [0.25, 0.3) is 0 Å². The van der Waals surface area contributed by atoms with E-state index in [2.05, 4.69) is 13.5 Å². The summed E-state index contributed by atoms with van der Waals surface area (Å²) >= 11 is 0. The van der Waals surface area contributed by atoms with E-state index in [1.54, 1.807) is 6.08 Å². The Balaban J connectivity index is 3.25. The van der Waals surface area contributed by atoms with Crippen molar-refractivity contribution >= 4 is 0 Å². The van der Waals surface area contributed by atoms with Gasteiger partial charge in [-0.15, -0.1) is 6.58 Å². The van der Waals surface area contributed by atoms with E-state index in [-0.39, 0.29) is 6.10 Å². The maximum Gasteiger partial charge on any atom is 0.0752 e. The van der Waals surface area contributed by atoms with Crippen LogP contribution in [0, 0.1) is 0 Å². The zero-order chi connectivity index (χ0) is 7.11. The Hall–Kier alpha value is -0.560. The fourth-order valence-electron chi connectivity index (χ4n) is 0.499. The van der Waals surface area contributed by atoms with E-state index in [9.17, 15) is 0 Å². The molecule has 0 radical (unpaired) electrons. The Labute approximate surface area is 56.7 Å². The van der Waals surface area contributed by atoms with E-state index in [4.69, 9.17) is 5.11 Å². The van der Waals surface area contributed by atoms with Crippen molar-refractivity contribution in [3.8, 4) is 0 Å². The number of hydrogen-bond acceptors (Lipinski definition) is 1. The third-order valence-electron chi connectivity index (χ3n) is 1.05. The molecule has 0 fully saturated rings. The van der Waals surface area contributed by atoms with Crippen LogP contribution in [0.4, 0.5) is 0 Å². The summed E-state index contributed by atoms with van der Waals surface area (Å²) in [7, 11) is 0. The van der Waals surface area contributed by atoms with Crippen LogP contribution < -0.4 is 0 Å². The number of allylic oxidation sites excluding steroid dienone is 1. The number of hydrogen-bond donors (Lipinski definition) is 1. The normalized spacial score (nSPS) is 14.0. The van der Waals surface area contributed by atoms with Gasteiger partial charge in [0, 0.05) is 0 Å². The molecular weight excluding hydrogens is 112 g/mol. The highest BCUT2D eigenvalue weighted by Crippen LogP contribution is 1.93. The SMILES string of the molecule is C=C[C@H](O)C/C=C/CC. The van der Waals surface area contributed by atoms with Crippen LogP contribution in [0.2, 0.25) is 0 Å². The molecule has 0 spiro atoms. The summed E-state index contributed by atoms with van der Waals surface area (Å²) in [5.41, 5.74) is 0. The Morgan fingerprint density at radius 1 is 1.56 bits per heavy atom. The highest BCUT2D eigenvalue weighted by Gasteiger charge is 1.89. The molecule has 0 unspecified atom stereocenters. The Morgan fingerprint density at radius 2 is 2.22 bits per heavy atom. The molecule has 1 N–H and O–H groups in total. The minimum absolute atomic E-state index is 0.368. The predicted molar refractivity (Wildman–Crippen MR) is 40.3 cm³/mol. The van der Waals surface area contributed by atoms with Crippen molar-refractivity contribution < 1.29 is 5.11 Å². The van der Waals surface area contributed by atoms with Crippen molar-refractivity contribution in [3.63, 3.8) is 0 Å². The Bertz CT molecular complexity index is 94.7. The summed E-state index contributed by atoms with van der Waals surface area (Å²) in [5, 5.41) is 8.92. The van der Waals surface area contributed by atoms with Crippen molar-refractivity contribution in [1.82, 2.24) is 0 Å². The minimum atomic E-state index is -0.368. The van der Waals surface area contributed by atoms with E-state index in [1.807, 2.05) is 12.2 Å². The van der Waals surface area contributed by atoms with Crippen molar-refractivity contribution in [2.75, 3.05) is 0 Å². The minimum Gasteiger partial charge on any atom is -0.389 e. The van der Waals surface area contributed by atoms with Gasteiger partial charge in [0.1, 0.15) is 0 Å². The third kappa shape index (κ3) is 5.31. The summed E-state index contributed by atoms with van der Waals surface area (Å²) < 4.78 is 0. The lowest BCUT2D eigenvalue weighted by Gasteiger charge is -1.96. The molecule has 9 heavy (non-hydrogen) atoms. The van der Waals surface area contributed by atoms with Crippen LogP contribution in [0.3, 0.4) is 0 Å². The first-order valence-electron chi connectivity index (χ1n) is 3.26. The van der Waals surface area contributed by atoms with Crippen LogP contribution in [-0.2, 0) is 0 Å². The predicted octanol–water partition coefficient (Wildman–Crippen LogP) is 1.89. The summed E-state index contributed by atoms with van der Waals surface area (Å²) in [6, 6.07) is 0. The van der Waals surface area contributed by atoms with Gasteiger partial charge in [-0.05, 0) is 12.8 Å². The van der Waals surface area contributed by atoms with Crippen molar-refractivity contribution in [3.05, 3.63) is 24.8 Å². The van der Waals surface area contributed by atoms with Crippen molar-refractivity contribution in [2.24, 2.45) is 0 Å². The molecule has 0 saturated carbocycles. The van der Waals surface area contributed by atoms with Gasteiger partial charge in [0.15, 0.2) is 0 Å². The zero-order valence-corrected chi connectivity index (χ0v) is 5.88. The maximum absolute atomic E-state index is 8.92. The summed E-state index contributed by atoms with van der Waals surface area (Å²) in [6.07, 6.45) is 6.90. The lowest BCUT2D eigenvalue weighted by atomic mass is 10.2. The second-order valence-electron chi connectivity index (χ2n) is 1.92. The monoisotopic (exact) mass is 126 g/mol. The fourth-order valence-corrected chi connectivity index (χ4v) is 0.499. The molecule has 0 aromatic rings. The number of aliphatic hydroxyl groups excluding tert-OH is 1. The van der Waals surface area contributed by atoms with Crippen LogP contribution in [0.5, 0.6) is 0 Å². The molecule has 0 aliphatic rings. The molecule has 0 aromatic carbocycles. The standard InChI is InChI=1S/C8H14O/c1-3-5-6-7-8(9)4-2/h4-6,8-9H,2-3,7H2,1H3/b6-5+/t8-/m0/s1. The molecule has 0 saturated heterocycles. The van der Waals surface area contributed by atoms with Gasteiger partial charge in [-0.2, -0.15) is 0 Å². The molecule has 0 amide bonds. The van der Waals surface area contributed by atoms with Gasteiger partial charge in [-0.1, -0.05) is 25.2 Å². The molecule has 1 heteroatoms. The first-order chi connectivity index (χ1) is 4.31. The largest absolute Gasteiger partial charge is 0.389 e. The first kappa shape index (κ1) is 8.44. The van der Waals surface area contributed by atoms with E-state index in [1.165, 1.54) is 0 Å². The molecule has 0 bridgehead atoms. The summed E-state index contributed by atoms with van der Waals surface area (Å²) in [6.45, 7) is 5.52.